The Labute approximate surface area is 108 Å². The van der Waals surface area contributed by atoms with Crippen molar-refractivity contribution in [2.24, 2.45) is 0 Å². The van der Waals surface area contributed by atoms with Gasteiger partial charge in [-0.1, -0.05) is 19.1 Å². The standard InChI is InChI=1S/C14H21NO3/c1-4-10-18-11-9-15(2)13-8-6-5-7-12(13)14(16)17-3/h5-8H,4,9-11H2,1-3H3. The van der Waals surface area contributed by atoms with Gasteiger partial charge in [-0.25, -0.2) is 4.79 Å². The molecule has 0 spiro atoms. The first-order chi connectivity index (χ1) is 8.70. The molecule has 0 amide bonds. The number of nitrogens with zero attached hydrogens (tertiary/aromatic N) is 1. The van der Waals surface area contributed by atoms with Gasteiger partial charge in [-0.2, -0.15) is 0 Å². The fraction of sp³-hybridized carbons (Fsp3) is 0.500. The van der Waals surface area contributed by atoms with E-state index in [1.807, 2.05) is 30.1 Å². The van der Waals surface area contributed by atoms with Gasteiger partial charge in [-0.3, -0.25) is 0 Å². The molecule has 4 nitrogen and oxygen atoms in total. The first-order valence-electron chi connectivity index (χ1n) is 6.17. The van der Waals surface area contributed by atoms with E-state index in [2.05, 4.69) is 6.92 Å². The summed E-state index contributed by atoms with van der Waals surface area (Å²) in [6, 6.07) is 7.42. The summed E-state index contributed by atoms with van der Waals surface area (Å²) in [5.41, 5.74) is 1.45. The fourth-order valence-electron chi connectivity index (χ4n) is 1.66. The van der Waals surface area contributed by atoms with E-state index in [0.717, 1.165) is 25.3 Å². The van der Waals surface area contributed by atoms with Crippen molar-refractivity contribution >= 4 is 11.7 Å². The number of para-hydroxylation sites is 1. The number of anilines is 1. The Balaban J connectivity index is 2.66. The molecular weight excluding hydrogens is 230 g/mol. The summed E-state index contributed by atoms with van der Waals surface area (Å²) in [6.07, 6.45) is 1.02. The van der Waals surface area contributed by atoms with Gasteiger partial charge in [0.1, 0.15) is 0 Å². The van der Waals surface area contributed by atoms with Crippen LogP contribution < -0.4 is 4.90 Å². The fourth-order valence-corrected chi connectivity index (χ4v) is 1.66. The highest BCUT2D eigenvalue weighted by atomic mass is 16.5. The second-order valence-electron chi connectivity index (χ2n) is 4.04. The summed E-state index contributed by atoms with van der Waals surface area (Å²) >= 11 is 0. The van der Waals surface area contributed by atoms with Gasteiger partial charge in [0.2, 0.25) is 0 Å². The zero-order chi connectivity index (χ0) is 13.4. The highest BCUT2D eigenvalue weighted by molar-refractivity contribution is 5.95. The van der Waals surface area contributed by atoms with Crippen LogP contribution in [0.15, 0.2) is 24.3 Å². The maximum absolute atomic E-state index is 11.6. The Kier molecular flexibility index (Phi) is 6.22. The summed E-state index contributed by atoms with van der Waals surface area (Å²) in [5, 5.41) is 0. The van der Waals surface area contributed by atoms with Crippen molar-refractivity contribution in [1.82, 2.24) is 0 Å². The van der Waals surface area contributed by atoms with E-state index in [1.165, 1.54) is 7.11 Å². The summed E-state index contributed by atoms with van der Waals surface area (Å²) in [5.74, 6) is -0.313. The average molecular weight is 251 g/mol. The number of rotatable bonds is 7. The molecule has 0 saturated carbocycles. The van der Waals surface area contributed by atoms with E-state index in [9.17, 15) is 4.79 Å². The van der Waals surface area contributed by atoms with Crippen molar-refractivity contribution in [1.29, 1.82) is 0 Å². The predicted octanol–water partition coefficient (Wildman–Crippen LogP) is 2.34. The van der Waals surface area contributed by atoms with Crippen LogP contribution in [0.2, 0.25) is 0 Å². The monoisotopic (exact) mass is 251 g/mol. The molecule has 0 aromatic heterocycles. The molecule has 0 aliphatic heterocycles. The number of carbonyl (C=O) groups is 1. The zero-order valence-corrected chi connectivity index (χ0v) is 11.3. The van der Waals surface area contributed by atoms with Gasteiger partial charge in [0.15, 0.2) is 0 Å². The van der Waals surface area contributed by atoms with Crippen LogP contribution in [-0.4, -0.2) is 39.9 Å². The number of esters is 1. The zero-order valence-electron chi connectivity index (χ0n) is 11.3. The molecule has 0 N–H and O–H groups in total. The molecule has 0 atom stereocenters. The van der Waals surface area contributed by atoms with Gasteiger partial charge in [-0.15, -0.1) is 0 Å². The molecule has 18 heavy (non-hydrogen) atoms. The lowest BCUT2D eigenvalue weighted by Gasteiger charge is -2.21. The largest absolute Gasteiger partial charge is 0.465 e. The topological polar surface area (TPSA) is 38.8 Å². The molecule has 1 aromatic carbocycles. The highest BCUT2D eigenvalue weighted by Gasteiger charge is 2.13. The Hall–Kier alpha value is -1.55. The maximum atomic E-state index is 11.6. The van der Waals surface area contributed by atoms with Gasteiger partial charge in [0, 0.05) is 20.2 Å². The second kappa shape index (κ2) is 7.71. The molecule has 1 aromatic rings. The second-order valence-corrected chi connectivity index (χ2v) is 4.04. The quantitative estimate of drug-likeness (QED) is 0.551. The number of likely N-dealkylation sites (N-methyl/N-ethyl adjacent to an activating group) is 1. The molecule has 0 unspecified atom stereocenters. The molecule has 0 radical (unpaired) electrons. The van der Waals surface area contributed by atoms with E-state index in [0.29, 0.717) is 12.2 Å². The van der Waals surface area contributed by atoms with Crippen LogP contribution in [0.3, 0.4) is 0 Å². The van der Waals surface area contributed by atoms with Gasteiger partial charge in [-0.05, 0) is 18.6 Å². The number of benzene rings is 1. The van der Waals surface area contributed by atoms with Crippen molar-refractivity contribution in [2.45, 2.75) is 13.3 Å². The third-order valence-electron chi connectivity index (χ3n) is 2.64. The normalized spacial score (nSPS) is 10.2. The van der Waals surface area contributed by atoms with E-state index in [1.54, 1.807) is 6.07 Å². The summed E-state index contributed by atoms with van der Waals surface area (Å²) in [4.78, 5) is 13.6. The molecular formula is C14H21NO3. The van der Waals surface area contributed by atoms with Gasteiger partial charge in [0.25, 0.3) is 0 Å². The maximum Gasteiger partial charge on any atom is 0.339 e. The Bertz CT molecular complexity index is 379. The number of ether oxygens (including phenoxy) is 2. The average Bonchev–Trinajstić information content (AvgIpc) is 2.42. The minimum Gasteiger partial charge on any atom is -0.465 e. The van der Waals surface area contributed by atoms with Crippen LogP contribution >= 0.6 is 0 Å². The molecule has 4 heteroatoms. The predicted molar refractivity (Wildman–Crippen MR) is 72.2 cm³/mol. The van der Waals surface area contributed by atoms with Crippen LogP contribution in [0.5, 0.6) is 0 Å². The number of carbonyl (C=O) groups excluding carboxylic acids is 1. The molecule has 0 aliphatic rings. The van der Waals surface area contributed by atoms with Crippen LogP contribution in [0.1, 0.15) is 23.7 Å². The van der Waals surface area contributed by atoms with Crippen molar-refractivity contribution in [3.63, 3.8) is 0 Å². The Morgan fingerprint density at radius 2 is 2.00 bits per heavy atom. The third-order valence-corrected chi connectivity index (χ3v) is 2.64. The molecule has 0 bridgehead atoms. The molecule has 0 aliphatic carbocycles. The lowest BCUT2D eigenvalue weighted by atomic mass is 10.1. The van der Waals surface area contributed by atoms with Gasteiger partial charge < -0.3 is 14.4 Å². The Morgan fingerprint density at radius 3 is 2.67 bits per heavy atom. The summed E-state index contributed by atoms with van der Waals surface area (Å²) < 4.78 is 10.2. The van der Waals surface area contributed by atoms with Crippen molar-refractivity contribution in [3.8, 4) is 0 Å². The SMILES string of the molecule is CCCOCCN(C)c1ccccc1C(=O)OC. The van der Waals surface area contributed by atoms with Crippen LogP contribution in [0.25, 0.3) is 0 Å². The van der Waals surface area contributed by atoms with E-state index >= 15 is 0 Å². The van der Waals surface area contributed by atoms with E-state index < -0.39 is 0 Å². The lowest BCUT2D eigenvalue weighted by Crippen LogP contribution is -2.24. The molecule has 0 saturated heterocycles. The minimum absolute atomic E-state index is 0.313. The van der Waals surface area contributed by atoms with Gasteiger partial charge in [0.05, 0.1) is 25.0 Å². The summed E-state index contributed by atoms with van der Waals surface area (Å²) in [7, 11) is 3.33. The first kappa shape index (κ1) is 14.5. The van der Waals surface area contributed by atoms with Crippen molar-refractivity contribution in [3.05, 3.63) is 29.8 Å². The molecule has 0 heterocycles. The van der Waals surface area contributed by atoms with E-state index in [-0.39, 0.29) is 5.97 Å². The lowest BCUT2D eigenvalue weighted by molar-refractivity contribution is 0.0601. The van der Waals surface area contributed by atoms with Crippen LogP contribution in [-0.2, 0) is 9.47 Å². The summed E-state index contributed by atoms with van der Waals surface area (Å²) in [6.45, 7) is 4.25. The first-order valence-corrected chi connectivity index (χ1v) is 6.17. The molecule has 1 rings (SSSR count). The van der Waals surface area contributed by atoms with Crippen LogP contribution in [0.4, 0.5) is 5.69 Å². The smallest absolute Gasteiger partial charge is 0.339 e. The van der Waals surface area contributed by atoms with Crippen molar-refractivity contribution < 1.29 is 14.3 Å². The van der Waals surface area contributed by atoms with E-state index in [4.69, 9.17) is 9.47 Å². The minimum atomic E-state index is -0.313. The molecule has 0 fully saturated rings. The Morgan fingerprint density at radius 1 is 1.28 bits per heavy atom. The molecule has 100 valence electrons. The van der Waals surface area contributed by atoms with Crippen molar-refractivity contribution in [2.75, 3.05) is 38.8 Å². The number of hydrogen-bond acceptors (Lipinski definition) is 4. The van der Waals surface area contributed by atoms with Crippen LogP contribution in [0, 0.1) is 0 Å². The van der Waals surface area contributed by atoms with Gasteiger partial charge >= 0.3 is 5.97 Å². The third kappa shape index (κ3) is 4.04. The number of methoxy groups -OCH3 is 1. The highest BCUT2D eigenvalue weighted by Crippen LogP contribution is 2.19. The number of hydrogen-bond donors (Lipinski definition) is 0.